The lowest BCUT2D eigenvalue weighted by molar-refractivity contribution is -0.121. The number of nitrogens with zero attached hydrogens (tertiary/aromatic N) is 2. The third-order valence-corrected chi connectivity index (χ3v) is 7.07. The summed E-state index contributed by atoms with van der Waals surface area (Å²) < 4.78 is 28.0. The fourth-order valence-electron chi connectivity index (χ4n) is 3.41. The van der Waals surface area contributed by atoms with Crippen molar-refractivity contribution < 1.29 is 23.2 Å². The number of piperidine rings is 1. The van der Waals surface area contributed by atoms with Crippen LogP contribution >= 0.6 is 11.6 Å². The molecule has 7 nitrogen and oxygen atoms in total. The SMILES string of the molecule is CC(=O)N(O)c1ccccc1S(=O)(=O)N1CCCCC1C(=O)c1ccc(Cl)cc1. The maximum atomic E-state index is 13.4. The van der Waals surface area contributed by atoms with Crippen molar-refractivity contribution in [3.8, 4) is 0 Å². The summed E-state index contributed by atoms with van der Waals surface area (Å²) >= 11 is 5.88. The van der Waals surface area contributed by atoms with Crippen LogP contribution in [0.25, 0.3) is 0 Å². The Hall–Kier alpha value is -2.26. The number of halogens is 1. The van der Waals surface area contributed by atoms with E-state index in [0.717, 1.165) is 13.3 Å². The zero-order valence-corrected chi connectivity index (χ0v) is 17.4. The number of amides is 1. The lowest BCUT2D eigenvalue weighted by Gasteiger charge is -2.34. The van der Waals surface area contributed by atoms with Crippen LogP contribution in [0.15, 0.2) is 53.4 Å². The Morgan fingerprint density at radius 3 is 2.41 bits per heavy atom. The normalized spacial score (nSPS) is 17.7. The average molecular weight is 437 g/mol. The maximum absolute atomic E-state index is 13.4. The van der Waals surface area contributed by atoms with Gasteiger partial charge in [-0.1, -0.05) is 30.2 Å². The van der Waals surface area contributed by atoms with Crippen molar-refractivity contribution in [1.29, 1.82) is 0 Å². The first-order valence-electron chi connectivity index (χ1n) is 9.13. The van der Waals surface area contributed by atoms with E-state index in [0.29, 0.717) is 28.5 Å². The van der Waals surface area contributed by atoms with Gasteiger partial charge in [0.2, 0.25) is 15.9 Å². The number of anilines is 1. The van der Waals surface area contributed by atoms with Gasteiger partial charge in [0.1, 0.15) is 4.90 Å². The number of carbonyl (C=O) groups is 2. The zero-order chi connectivity index (χ0) is 21.2. The minimum absolute atomic E-state index is 0.150. The summed E-state index contributed by atoms with van der Waals surface area (Å²) in [6.07, 6.45) is 1.72. The first kappa shape index (κ1) is 21.4. The molecule has 1 saturated heterocycles. The number of sulfonamides is 1. The van der Waals surface area contributed by atoms with E-state index >= 15 is 0 Å². The predicted molar refractivity (Wildman–Crippen MR) is 109 cm³/mol. The third-order valence-electron chi connectivity index (χ3n) is 4.86. The largest absolute Gasteiger partial charge is 0.292 e. The molecule has 0 saturated carbocycles. The van der Waals surface area contributed by atoms with Crippen molar-refractivity contribution in [3.63, 3.8) is 0 Å². The van der Waals surface area contributed by atoms with E-state index in [4.69, 9.17) is 11.6 Å². The lowest BCUT2D eigenvalue weighted by atomic mass is 9.96. The van der Waals surface area contributed by atoms with Crippen molar-refractivity contribution >= 4 is 39.0 Å². The molecule has 1 N–H and O–H groups in total. The van der Waals surface area contributed by atoms with E-state index in [1.54, 1.807) is 24.3 Å². The van der Waals surface area contributed by atoms with Crippen LogP contribution in [0.3, 0.4) is 0 Å². The van der Waals surface area contributed by atoms with Crippen LogP contribution in [0.4, 0.5) is 5.69 Å². The molecule has 0 aliphatic carbocycles. The Morgan fingerprint density at radius 1 is 1.10 bits per heavy atom. The first-order chi connectivity index (χ1) is 13.7. The molecular formula is C20H21ClN2O5S. The van der Waals surface area contributed by atoms with Gasteiger partial charge in [0.25, 0.3) is 0 Å². The molecule has 0 radical (unpaired) electrons. The van der Waals surface area contributed by atoms with Crippen LogP contribution in [0.5, 0.6) is 0 Å². The monoisotopic (exact) mass is 436 g/mol. The second-order valence-corrected chi connectivity index (χ2v) is 9.09. The molecule has 1 fully saturated rings. The summed E-state index contributed by atoms with van der Waals surface area (Å²) in [4.78, 5) is 24.4. The van der Waals surface area contributed by atoms with Crippen LogP contribution in [0.2, 0.25) is 5.02 Å². The fraction of sp³-hybridized carbons (Fsp3) is 0.300. The summed E-state index contributed by atoms with van der Waals surface area (Å²) in [5.74, 6) is -1.03. The number of Topliss-reactive ketones (excluding diaryl/α,β-unsaturated/α-hetero) is 1. The molecule has 1 aliphatic rings. The average Bonchev–Trinajstić information content (AvgIpc) is 2.73. The highest BCUT2D eigenvalue weighted by molar-refractivity contribution is 7.89. The molecule has 29 heavy (non-hydrogen) atoms. The van der Waals surface area contributed by atoms with Crippen molar-refractivity contribution in [3.05, 3.63) is 59.1 Å². The number of para-hydroxylation sites is 1. The molecule has 1 aliphatic heterocycles. The molecule has 2 aromatic carbocycles. The van der Waals surface area contributed by atoms with E-state index in [1.807, 2.05) is 0 Å². The molecular weight excluding hydrogens is 416 g/mol. The molecule has 154 valence electrons. The molecule has 0 spiro atoms. The van der Waals surface area contributed by atoms with Gasteiger partial charge in [0, 0.05) is 24.1 Å². The molecule has 0 aromatic heterocycles. The van der Waals surface area contributed by atoms with Crippen LogP contribution in [0.1, 0.15) is 36.5 Å². The topological polar surface area (TPSA) is 95.0 Å². The fourth-order valence-corrected chi connectivity index (χ4v) is 5.36. The van der Waals surface area contributed by atoms with Gasteiger partial charge in [-0.2, -0.15) is 9.37 Å². The van der Waals surface area contributed by atoms with E-state index in [9.17, 15) is 23.2 Å². The maximum Gasteiger partial charge on any atom is 0.247 e. The Balaban J connectivity index is 2.02. The van der Waals surface area contributed by atoms with E-state index in [-0.39, 0.29) is 22.9 Å². The molecule has 1 amide bonds. The second-order valence-electron chi connectivity index (χ2n) is 6.80. The number of ketones is 1. The van der Waals surface area contributed by atoms with Gasteiger partial charge in [0.05, 0.1) is 11.7 Å². The summed E-state index contributed by atoms with van der Waals surface area (Å²) in [6.45, 7) is 1.29. The molecule has 1 unspecified atom stereocenters. The molecule has 9 heteroatoms. The van der Waals surface area contributed by atoms with Crippen LogP contribution in [-0.4, -0.2) is 42.2 Å². The van der Waals surface area contributed by atoms with Crippen molar-refractivity contribution in [2.24, 2.45) is 0 Å². The van der Waals surface area contributed by atoms with E-state index in [2.05, 4.69) is 0 Å². The highest BCUT2D eigenvalue weighted by Gasteiger charge is 2.39. The summed E-state index contributed by atoms with van der Waals surface area (Å²) in [5.41, 5.74) is 0.227. The molecule has 1 atom stereocenters. The quantitative estimate of drug-likeness (QED) is 0.439. The molecule has 1 heterocycles. The number of carbonyl (C=O) groups excluding carboxylic acids is 2. The van der Waals surface area contributed by atoms with Crippen LogP contribution in [0, 0.1) is 0 Å². The third kappa shape index (κ3) is 4.35. The Kier molecular flexibility index (Phi) is 6.38. The van der Waals surface area contributed by atoms with E-state index < -0.39 is 22.0 Å². The molecule has 3 rings (SSSR count). The number of benzene rings is 2. The highest BCUT2D eigenvalue weighted by atomic mass is 35.5. The van der Waals surface area contributed by atoms with Crippen molar-refractivity contribution in [1.82, 2.24) is 4.31 Å². The zero-order valence-electron chi connectivity index (χ0n) is 15.8. The predicted octanol–water partition coefficient (Wildman–Crippen LogP) is 3.51. The number of hydrogen-bond acceptors (Lipinski definition) is 5. The van der Waals surface area contributed by atoms with Gasteiger partial charge in [-0.25, -0.2) is 8.42 Å². The molecule has 2 aromatic rings. The standard InChI is InChI=1S/C20H21ClN2O5S/c1-14(24)23(26)17-6-2-3-8-19(17)29(27,28)22-13-5-4-7-18(22)20(25)15-9-11-16(21)12-10-15/h2-3,6,8-12,18,26H,4-5,7,13H2,1H3. The van der Waals surface area contributed by atoms with Gasteiger partial charge in [0.15, 0.2) is 5.78 Å². The van der Waals surface area contributed by atoms with Crippen LogP contribution < -0.4 is 5.06 Å². The Labute approximate surface area is 174 Å². The van der Waals surface area contributed by atoms with E-state index in [1.165, 1.54) is 28.6 Å². The first-order valence-corrected chi connectivity index (χ1v) is 11.0. The Morgan fingerprint density at radius 2 is 1.76 bits per heavy atom. The number of hydrogen-bond donors (Lipinski definition) is 1. The second kappa shape index (κ2) is 8.62. The van der Waals surface area contributed by atoms with Crippen molar-refractivity contribution in [2.45, 2.75) is 37.1 Å². The van der Waals surface area contributed by atoms with Gasteiger partial charge in [-0.15, -0.1) is 0 Å². The summed E-state index contributed by atoms with van der Waals surface area (Å²) in [5, 5.41) is 10.8. The summed E-state index contributed by atoms with van der Waals surface area (Å²) in [7, 11) is -4.15. The minimum Gasteiger partial charge on any atom is -0.292 e. The lowest BCUT2D eigenvalue weighted by Crippen LogP contribution is -2.48. The Bertz CT molecular complexity index is 1020. The highest BCUT2D eigenvalue weighted by Crippen LogP contribution is 2.32. The van der Waals surface area contributed by atoms with Gasteiger partial charge >= 0.3 is 0 Å². The van der Waals surface area contributed by atoms with Crippen LogP contribution in [-0.2, 0) is 14.8 Å². The smallest absolute Gasteiger partial charge is 0.247 e. The van der Waals surface area contributed by atoms with Gasteiger partial charge < -0.3 is 0 Å². The number of rotatable bonds is 5. The molecule has 0 bridgehead atoms. The van der Waals surface area contributed by atoms with Crippen molar-refractivity contribution in [2.75, 3.05) is 11.6 Å². The van der Waals surface area contributed by atoms with Gasteiger partial charge in [-0.3, -0.25) is 14.8 Å². The van der Waals surface area contributed by atoms with Gasteiger partial charge in [-0.05, 0) is 49.2 Å². The minimum atomic E-state index is -4.15. The summed E-state index contributed by atoms with van der Waals surface area (Å²) in [6, 6.07) is 11.1. The number of hydroxylamine groups is 1.